The van der Waals surface area contributed by atoms with E-state index in [0.717, 1.165) is 27.6 Å². The molecule has 3 nitrogen and oxygen atoms in total. The Labute approximate surface area is 123 Å². The van der Waals surface area contributed by atoms with Gasteiger partial charge in [-0.1, -0.05) is 30.3 Å². The molecule has 21 heavy (non-hydrogen) atoms. The molecule has 3 heteroatoms. The molecule has 3 aromatic rings. The number of hydrogen-bond donors (Lipinski definition) is 1. The molecule has 1 N–H and O–H groups in total. The molecule has 106 valence electrons. The first-order chi connectivity index (χ1) is 10.2. The highest BCUT2D eigenvalue weighted by Crippen LogP contribution is 2.41. The number of ether oxygens (including phenoxy) is 2. The molecule has 0 bridgehead atoms. The third kappa shape index (κ3) is 2.27. The van der Waals surface area contributed by atoms with E-state index in [0.29, 0.717) is 5.75 Å². The van der Waals surface area contributed by atoms with E-state index in [-0.39, 0.29) is 5.75 Å². The first kappa shape index (κ1) is 13.3. The molecule has 0 saturated heterocycles. The van der Waals surface area contributed by atoms with Crippen LogP contribution in [0.3, 0.4) is 0 Å². The molecule has 3 rings (SSSR count). The maximum Gasteiger partial charge on any atom is 0.131 e. The van der Waals surface area contributed by atoms with Gasteiger partial charge in [-0.25, -0.2) is 0 Å². The fourth-order valence-corrected chi connectivity index (χ4v) is 2.50. The van der Waals surface area contributed by atoms with Crippen LogP contribution in [0.1, 0.15) is 0 Å². The highest BCUT2D eigenvalue weighted by Gasteiger charge is 2.13. The monoisotopic (exact) mass is 280 g/mol. The van der Waals surface area contributed by atoms with Gasteiger partial charge in [-0.2, -0.15) is 0 Å². The minimum atomic E-state index is 0.250. The second-order valence-electron chi connectivity index (χ2n) is 4.75. The lowest BCUT2D eigenvalue weighted by molar-refractivity contribution is 0.404. The molecule has 0 atom stereocenters. The van der Waals surface area contributed by atoms with Crippen LogP contribution in [0, 0.1) is 0 Å². The number of phenols is 1. The van der Waals surface area contributed by atoms with E-state index in [2.05, 4.69) is 0 Å². The number of phenolic OH excluding ortho intramolecular Hbond substituents is 1. The lowest BCUT2D eigenvalue weighted by atomic mass is 9.98. The molecule has 3 aromatic carbocycles. The summed E-state index contributed by atoms with van der Waals surface area (Å²) in [6, 6.07) is 17.2. The summed E-state index contributed by atoms with van der Waals surface area (Å²) in [7, 11) is 3.23. The molecule has 0 saturated carbocycles. The van der Waals surface area contributed by atoms with E-state index < -0.39 is 0 Å². The van der Waals surface area contributed by atoms with Gasteiger partial charge in [0.1, 0.15) is 17.2 Å². The van der Waals surface area contributed by atoms with Gasteiger partial charge in [-0.05, 0) is 29.7 Å². The van der Waals surface area contributed by atoms with Crippen LogP contribution in [0.4, 0.5) is 0 Å². The Morgan fingerprint density at radius 1 is 0.810 bits per heavy atom. The third-order valence-corrected chi connectivity index (χ3v) is 3.60. The molecule has 0 unspecified atom stereocenters. The van der Waals surface area contributed by atoms with Gasteiger partial charge in [-0.3, -0.25) is 0 Å². The quantitative estimate of drug-likeness (QED) is 0.780. The van der Waals surface area contributed by atoms with Gasteiger partial charge < -0.3 is 14.6 Å². The third-order valence-electron chi connectivity index (χ3n) is 3.60. The molecule has 0 heterocycles. The van der Waals surface area contributed by atoms with E-state index in [4.69, 9.17) is 9.47 Å². The lowest BCUT2D eigenvalue weighted by Crippen LogP contribution is -1.91. The van der Waals surface area contributed by atoms with Crippen LogP contribution >= 0.6 is 0 Å². The summed E-state index contributed by atoms with van der Waals surface area (Å²) in [6.07, 6.45) is 0. The maximum absolute atomic E-state index is 10.6. The molecule has 0 amide bonds. The molecule has 0 spiro atoms. The largest absolute Gasteiger partial charge is 0.507 e. The summed E-state index contributed by atoms with van der Waals surface area (Å²) in [5, 5.41) is 12.4. The summed E-state index contributed by atoms with van der Waals surface area (Å²) >= 11 is 0. The lowest BCUT2D eigenvalue weighted by Gasteiger charge is -2.13. The van der Waals surface area contributed by atoms with Crippen molar-refractivity contribution in [2.45, 2.75) is 0 Å². The molecule has 0 aliphatic rings. The average Bonchev–Trinajstić information content (AvgIpc) is 2.55. The van der Waals surface area contributed by atoms with E-state index in [9.17, 15) is 5.11 Å². The Balaban J connectivity index is 2.27. The fourth-order valence-electron chi connectivity index (χ4n) is 2.50. The van der Waals surface area contributed by atoms with Gasteiger partial charge in [0.15, 0.2) is 0 Å². The standard InChI is InChI=1S/C18H16O3/c1-20-13-8-10-17(21-2)16(11-13)15-9-7-12-5-3-4-6-14(12)18(15)19/h3-11,19H,1-2H3. The molecular weight excluding hydrogens is 264 g/mol. The van der Waals surface area contributed by atoms with E-state index in [1.807, 2.05) is 54.6 Å². The van der Waals surface area contributed by atoms with E-state index in [1.54, 1.807) is 14.2 Å². The number of methoxy groups -OCH3 is 2. The number of benzene rings is 3. The van der Waals surface area contributed by atoms with Crippen LogP contribution in [-0.2, 0) is 0 Å². The summed E-state index contributed by atoms with van der Waals surface area (Å²) < 4.78 is 10.7. The van der Waals surface area contributed by atoms with Crippen molar-refractivity contribution in [3.05, 3.63) is 54.6 Å². The number of hydrogen-bond acceptors (Lipinski definition) is 3. The smallest absolute Gasteiger partial charge is 0.131 e. The van der Waals surface area contributed by atoms with Crippen LogP contribution in [0.15, 0.2) is 54.6 Å². The van der Waals surface area contributed by atoms with Gasteiger partial charge in [-0.15, -0.1) is 0 Å². The van der Waals surface area contributed by atoms with Crippen molar-refractivity contribution in [2.75, 3.05) is 14.2 Å². The van der Waals surface area contributed by atoms with Crippen molar-refractivity contribution in [1.29, 1.82) is 0 Å². The summed E-state index contributed by atoms with van der Waals surface area (Å²) in [6.45, 7) is 0. The van der Waals surface area contributed by atoms with Crippen molar-refractivity contribution in [3.8, 4) is 28.4 Å². The van der Waals surface area contributed by atoms with Crippen molar-refractivity contribution < 1.29 is 14.6 Å². The minimum absolute atomic E-state index is 0.250. The van der Waals surface area contributed by atoms with Crippen molar-refractivity contribution in [1.82, 2.24) is 0 Å². The van der Waals surface area contributed by atoms with Gasteiger partial charge in [0.05, 0.1) is 14.2 Å². The van der Waals surface area contributed by atoms with Crippen LogP contribution in [0.25, 0.3) is 21.9 Å². The zero-order valence-corrected chi connectivity index (χ0v) is 12.0. The highest BCUT2D eigenvalue weighted by molar-refractivity contribution is 5.95. The van der Waals surface area contributed by atoms with Gasteiger partial charge >= 0.3 is 0 Å². The zero-order chi connectivity index (χ0) is 14.8. The van der Waals surface area contributed by atoms with E-state index in [1.165, 1.54) is 0 Å². The normalized spacial score (nSPS) is 10.6. The Kier molecular flexibility index (Phi) is 3.40. The molecule has 0 aliphatic heterocycles. The SMILES string of the molecule is COc1ccc(OC)c(-c2ccc3ccccc3c2O)c1. The zero-order valence-electron chi connectivity index (χ0n) is 12.0. The summed E-state index contributed by atoms with van der Waals surface area (Å²) in [5.41, 5.74) is 1.53. The second kappa shape index (κ2) is 5.37. The van der Waals surface area contributed by atoms with Crippen molar-refractivity contribution >= 4 is 10.8 Å². The molecular formula is C18H16O3. The van der Waals surface area contributed by atoms with Crippen molar-refractivity contribution in [3.63, 3.8) is 0 Å². The fraction of sp³-hybridized carbons (Fsp3) is 0.111. The highest BCUT2D eigenvalue weighted by atomic mass is 16.5. The Morgan fingerprint density at radius 2 is 1.62 bits per heavy atom. The Morgan fingerprint density at radius 3 is 2.38 bits per heavy atom. The number of rotatable bonds is 3. The predicted molar refractivity (Wildman–Crippen MR) is 84.2 cm³/mol. The van der Waals surface area contributed by atoms with Crippen LogP contribution < -0.4 is 9.47 Å². The topological polar surface area (TPSA) is 38.7 Å². The van der Waals surface area contributed by atoms with Gasteiger partial charge in [0.25, 0.3) is 0 Å². The number of fused-ring (bicyclic) bond motifs is 1. The Hall–Kier alpha value is -2.68. The molecule has 0 aromatic heterocycles. The Bertz CT molecular complexity index is 794. The summed E-state index contributed by atoms with van der Waals surface area (Å²) in [5.74, 6) is 1.67. The molecule has 0 radical (unpaired) electrons. The second-order valence-corrected chi connectivity index (χ2v) is 4.75. The minimum Gasteiger partial charge on any atom is -0.507 e. The predicted octanol–water partition coefficient (Wildman–Crippen LogP) is 4.23. The van der Waals surface area contributed by atoms with Crippen LogP contribution in [-0.4, -0.2) is 19.3 Å². The summed E-state index contributed by atoms with van der Waals surface area (Å²) in [4.78, 5) is 0. The number of aromatic hydroxyl groups is 1. The first-order valence-corrected chi connectivity index (χ1v) is 6.67. The van der Waals surface area contributed by atoms with E-state index >= 15 is 0 Å². The molecule has 0 fully saturated rings. The average molecular weight is 280 g/mol. The molecule has 0 aliphatic carbocycles. The van der Waals surface area contributed by atoms with Crippen molar-refractivity contribution in [2.24, 2.45) is 0 Å². The van der Waals surface area contributed by atoms with Crippen LogP contribution in [0.5, 0.6) is 17.2 Å². The maximum atomic E-state index is 10.6. The van der Waals surface area contributed by atoms with Crippen LogP contribution in [0.2, 0.25) is 0 Å². The first-order valence-electron chi connectivity index (χ1n) is 6.67. The van der Waals surface area contributed by atoms with Gasteiger partial charge in [0.2, 0.25) is 0 Å². The van der Waals surface area contributed by atoms with Gasteiger partial charge in [0, 0.05) is 16.5 Å².